The molecule has 2 rings (SSSR count). The third-order valence-corrected chi connectivity index (χ3v) is 70.0. The van der Waals surface area contributed by atoms with Crippen LogP contribution in [0.25, 0.3) is 0 Å². The second kappa shape index (κ2) is 22.7. The van der Waals surface area contributed by atoms with Crippen LogP contribution in [0.5, 0.6) is 0 Å². The van der Waals surface area contributed by atoms with E-state index in [9.17, 15) is 0 Å². The molecule has 0 bridgehead atoms. The van der Waals surface area contributed by atoms with Crippen LogP contribution in [0.4, 0.5) is 0 Å². The van der Waals surface area contributed by atoms with Crippen molar-refractivity contribution in [1.82, 2.24) is 0 Å². The summed E-state index contributed by atoms with van der Waals surface area (Å²) in [5.74, 6) is 0. The summed E-state index contributed by atoms with van der Waals surface area (Å²) in [5, 5.41) is 4.64. The summed E-state index contributed by atoms with van der Waals surface area (Å²) in [7, 11) is -16.6. The number of hydrogen-bond acceptors (Lipinski definition) is 0. The molecule has 0 heterocycles. The number of rotatable bonds is 18. The summed E-state index contributed by atoms with van der Waals surface area (Å²) in [5.41, 5.74) is 9.88. The van der Waals surface area contributed by atoms with Gasteiger partial charge in [-0.1, -0.05) is 260 Å². The zero-order valence-corrected chi connectivity index (χ0v) is 68.2. The third-order valence-electron chi connectivity index (χ3n) is 14.2. The Hall–Kier alpha value is 1.96. The minimum atomic E-state index is -1.39. The predicted molar refractivity (Wildman–Crippen MR) is 357 cm³/mol. The molecule has 0 fully saturated rings. The van der Waals surface area contributed by atoms with E-state index in [1.54, 1.807) is 33.4 Å². The molecule has 390 valence electrons. The van der Waals surface area contributed by atoms with Crippen molar-refractivity contribution in [2.75, 3.05) is 0 Å². The minimum Gasteiger partial charge on any atom is -0.0693 e. The van der Waals surface area contributed by atoms with Gasteiger partial charge in [-0.25, -0.2) is 0 Å². The van der Waals surface area contributed by atoms with E-state index < -0.39 is 96.9 Å². The van der Waals surface area contributed by atoms with Crippen molar-refractivity contribution in [3.63, 3.8) is 0 Å². The molecule has 0 unspecified atom stereocenters. The Balaban J connectivity index is -0.00000121. The van der Waals surface area contributed by atoms with Crippen LogP contribution in [0.2, 0.25) is 236 Å². The molecule has 0 N–H and O–H groups in total. The normalized spacial score (nSPS) is 15.0. The molecule has 2 aromatic rings. The first-order chi connectivity index (χ1) is 28.4. The monoisotopic (exact) mass is 1310 g/mol. The molecule has 0 saturated carbocycles. The van der Waals surface area contributed by atoms with E-state index in [1.807, 2.05) is 0 Å². The van der Waals surface area contributed by atoms with Gasteiger partial charge < -0.3 is 0 Å². The first kappa shape index (κ1) is 69.0. The smallest absolute Gasteiger partial charge is 0.0493 e. The van der Waals surface area contributed by atoms with Crippen molar-refractivity contribution in [3.05, 3.63) is 69.8 Å². The van der Waals surface area contributed by atoms with E-state index in [0.29, 0.717) is 0 Å². The van der Waals surface area contributed by atoms with E-state index in [4.69, 9.17) is 0 Å². The van der Waals surface area contributed by atoms with Crippen LogP contribution in [0, 0.1) is 12.1 Å². The molecule has 0 atom stereocenters. The Kier molecular flexibility index (Phi) is 23.3. The molecular formula is C54H122PbSi12. The zero-order chi connectivity index (χ0) is 53.2. The quantitative estimate of drug-likeness (QED) is 0.131. The largest absolute Gasteiger partial charge is 0.0693 e. The fourth-order valence-corrected chi connectivity index (χ4v) is 91.5. The summed E-state index contributed by atoms with van der Waals surface area (Å²) >= 11 is 0. The van der Waals surface area contributed by atoms with Crippen LogP contribution < -0.4 is 0 Å². The summed E-state index contributed by atoms with van der Waals surface area (Å²) in [4.78, 5) is 0. The van der Waals surface area contributed by atoms with Gasteiger partial charge in [-0.2, -0.15) is 0 Å². The van der Waals surface area contributed by atoms with Crippen molar-refractivity contribution < 1.29 is 2.85 Å². The predicted octanol–water partition coefficient (Wildman–Crippen LogP) is 20.1. The van der Waals surface area contributed by atoms with E-state index in [-0.39, 0.29) is 30.2 Å². The van der Waals surface area contributed by atoms with E-state index in [2.05, 4.69) is 272 Å². The van der Waals surface area contributed by atoms with Crippen molar-refractivity contribution in [3.8, 4) is 0 Å². The van der Waals surface area contributed by atoms with Crippen LogP contribution in [0.1, 0.15) is 67.2 Å². The summed E-state index contributed by atoms with van der Waals surface area (Å²) in [6, 6.07) is 19.3. The molecule has 0 aliphatic rings. The minimum absolute atomic E-state index is 0. The molecule has 0 saturated heterocycles. The Morgan fingerprint density at radius 2 is 0.328 bits per heavy atom. The second-order valence-corrected chi connectivity index (χ2v) is 102. The maximum Gasteiger partial charge on any atom is 0.0493 e. The fraction of sp³-hybridized carbons (Fsp3) is 0.778. The standard InChI is InChI=1S/2C27H59Si6.Pb.2H2/c2*1-28(2,3)25(29(4,5)6)22-19-23(26(30(7,8)9)31(10,11)12)21-24(20-22)27(32(13,14)15)33(16,17)18;;;/h2*19-20,25-27H,1-18H3;;2*1H. The van der Waals surface area contributed by atoms with Gasteiger partial charge in [-0.05, 0) is 76.5 Å². The summed E-state index contributed by atoms with van der Waals surface area (Å²) in [6.45, 7) is 94.1. The molecule has 67 heavy (non-hydrogen) atoms. The van der Waals surface area contributed by atoms with Crippen molar-refractivity contribution >= 4 is 124 Å². The maximum atomic E-state index is 4.24. The van der Waals surface area contributed by atoms with Crippen LogP contribution >= 0.6 is 0 Å². The Morgan fingerprint density at radius 3 is 0.418 bits per heavy atom. The van der Waals surface area contributed by atoms with Gasteiger partial charge in [0, 0.05) is 127 Å². The van der Waals surface area contributed by atoms with E-state index >= 15 is 0 Å². The molecule has 13 heteroatoms. The van der Waals surface area contributed by atoms with Gasteiger partial charge in [0.15, 0.2) is 0 Å². The van der Waals surface area contributed by atoms with Crippen LogP contribution in [-0.2, 0) is 0 Å². The van der Waals surface area contributed by atoms with Gasteiger partial charge in [-0.15, -0.1) is 0 Å². The van der Waals surface area contributed by atoms with E-state index in [1.165, 1.54) is 0 Å². The average molecular weight is 1320 g/mol. The van der Waals surface area contributed by atoms with Gasteiger partial charge in [0.1, 0.15) is 0 Å². The van der Waals surface area contributed by atoms with Gasteiger partial charge in [0.25, 0.3) is 0 Å². The van der Waals surface area contributed by atoms with Gasteiger partial charge in [0.2, 0.25) is 0 Å². The number of benzene rings is 2. The van der Waals surface area contributed by atoms with Gasteiger partial charge in [0.05, 0.1) is 0 Å². The molecule has 0 amide bonds. The van der Waals surface area contributed by atoms with Crippen LogP contribution in [0.3, 0.4) is 0 Å². The summed E-state index contributed by atoms with van der Waals surface area (Å²) in [6.07, 6.45) is 0. The topological polar surface area (TPSA) is 0 Å². The molecular weight excluding hydrogens is 1190 g/mol. The third kappa shape index (κ3) is 19.9. The second-order valence-electron chi connectivity index (χ2n) is 34.6. The van der Waals surface area contributed by atoms with Gasteiger partial charge in [-0.3, -0.25) is 0 Å². The Morgan fingerprint density at radius 1 is 0.224 bits per heavy atom. The van der Waals surface area contributed by atoms with Gasteiger partial charge >= 0.3 is 0 Å². The molecule has 0 nitrogen and oxygen atoms in total. The molecule has 6 radical (unpaired) electrons. The molecule has 2 aromatic carbocycles. The number of hydrogen-bond donors (Lipinski definition) is 0. The van der Waals surface area contributed by atoms with E-state index in [0.717, 1.165) is 31.0 Å². The zero-order valence-electron chi connectivity index (χ0n) is 52.3. The summed E-state index contributed by atoms with van der Waals surface area (Å²) < 4.78 is 0. The van der Waals surface area contributed by atoms with Crippen LogP contribution in [-0.4, -0.2) is 124 Å². The molecule has 0 spiro atoms. The van der Waals surface area contributed by atoms with Crippen LogP contribution in [0.15, 0.2) is 24.3 Å². The molecule has 0 aliphatic heterocycles. The Labute approximate surface area is 459 Å². The molecule has 0 aromatic heterocycles. The molecule has 0 aliphatic carbocycles. The first-order valence-electron chi connectivity index (χ1n) is 26.5. The first-order valence-corrected chi connectivity index (χ1v) is 69.4. The van der Waals surface area contributed by atoms with Crippen molar-refractivity contribution in [2.45, 2.75) is 267 Å². The fourth-order valence-electron chi connectivity index (χ4n) is 15.8. The van der Waals surface area contributed by atoms with Crippen molar-refractivity contribution in [2.24, 2.45) is 0 Å². The SMILES string of the molecule is C[Si](C)(C)C(c1[c]c(C([Si](C)(C)C)[Si](C)(C)C)cc(C([Si](C)(C)C)[Si](C)(C)C)c1)[Si](C)(C)C.C[Si](C)(C)C(c1[c]c(C([Si](C)(C)C)[Si](C)(C)C)cc(C([Si](C)(C)C)[Si](C)(C)C)c1)[Si](C)(C)C.[HH].[HH].[Pb]. The maximum absolute atomic E-state index is 4.24. The average Bonchev–Trinajstić information content (AvgIpc) is 2.87. The Bertz CT molecular complexity index is 1440. The van der Waals surface area contributed by atoms with Crippen molar-refractivity contribution in [1.29, 1.82) is 0 Å².